The molecular weight excluding hydrogens is 292 g/mol. The maximum atomic E-state index is 12.0. The molecule has 1 amide bonds. The molecule has 0 saturated heterocycles. The summed E-state index contributed by atoms with van der Waals surface area (Å²) in [6.45, 7) is 0. The molecule has 1 aromatic heterocycles. The van der Waals surface area contributed by atoms with Crippen LogP contribution in [0, 0.1) is 5.92 Å². The fourth-order valence-electron chi connectivity index (χ4n) is 3.49. The first-order chi connectivity index (χ1) is 11.1. The van der Waals surface area contributed by atoms with Gasteiger partial charge in [-0.25, -0.2) is 0 Å². The number of carboxylic acids is 1. The second-order valence-electron chi connectivity index (χ2n) is 6.26. The second-order valence-corrected chi connectivity index (χ2v) is 6.26. The smallest absolute Gasteiger partial charge is 0.308 e. The summed E-state index contributed by atoms with van der Waals surface area (Å²) in [4.78, 5) is 26.4. The van der Waals surface area contributed by atoms with Crippen LogP contribution in [0.1, 0.15) is 37.7 Å². The number of aliphatic carboxylic acids is 1. The SMILES string of the molecule is O=C(CCCc1c[nH]c2ccccc12)N[C@H]1CCC[C@H]1C(=O)O. The lowest BCUT2D eigenvalue weighted by Crippen LogP contribution is -2.40. The molecule has 0 radical (unpaired) electrons. The number of carboxylic acid groups (broad SMARTS) is 1. The van der Waals surface area contributed by atoms with E-state index < -0.39 is 11.9 Å². The molecule has 2 atom stereocenters. The lowest BCUT2D eigenvalue weighted by molar-refractivity contribution is -0.142. The monoisotopic (exact) mass is 314 g/mol. The van der Waals surface area contributed by atoms with E-state index >= 15 is 0 Å². The number of aryl methyl sites for hydroxylation is 1. The third-order valence-corrected chi connectivity index (χ3v) is 4.70. The molecule has 3 N–H and O–H groups in total. The summed E-state index contributed by atoms with van der Waals surface area (Å²) in [6.07, 6.45) is 6.34. The predicted molar refractivity (Wildman–Crippen MR) is 88.1 cm³/mol. The summed E-state index contributed by atoms with van der Waals surface area (Å²) >= 11 is 0. The van der Waals surface area contributed by atoms with E-state index in [2.05, 4.69) is 16.4 Å². The van der Waals surface area contributed by atoms with Crippen molar-refractivity contribution in [1.29, 1.82) is 0 Å². The number of benzene rings is 1. The molecule has 23 heavy (non-hydrogen) atoms. The lowest BCUT2D eigenvalue weighted by Gasteiger charge is -2.17. The molecule has 1 aliphatic rings. The van der Waals surface area contributed by atoms with Crippen LogP contribution >= 0.6 is 0 Å². The number of fused-ring (bicyclic) bond motifs is 1. The minimum absolute atomic E-state index is 0.0389. The molecule has 1 aliphatic carbocycles. The third-order valence-electron chi connectivity index (χ3n) is 4.70. The van der Waals surface area contributed by atoms with Gasteiger partial charge in [0.15, 0.2) is 0 Å². The van der Waals surface area contributed by atoms with Crippen LogP contribution in [0.5, 0.6) is 0 Å². The normalized spacial score (nSPS) is 20.7. The van der Waals surface area contributed by atoms with Crippen molar-refractivity contribution >= 4 is 22.8 Å². The number of aromatic nitrogens is 1. The second kappa shape index (κ2) is 6.86. The fourth-order valence-corrected chi connectivity index (χ4v) is 3.49. The van der Waals surface area contributed by atoms with Gasteiger partial charge in [-0.05, 0) is 37.3 Å². The first-order valence-electron chi connectivity index (χ1n) is 8.22. The number of carbonyl (C=O) groups excluding carboxylic acids is 1. The van der Waals surface area contributed by atoms with Gasteiger partial charge in [0.1, 0.15) is 0 Å². The zero-order valence-electron chi connectivity index (χ0n) is 13.0. The quantitative estimate of drug-likeness (QED) is 0.767. The summed E-state index contributed by atoms with van der Waals surface area (Å²) in [5, 5.41) is 13.2. The molecule has 1 aromatic carbocycles. The number of hydrogen-bond donors (Lipinski definition) is 3. The van der Waals surface area contributed by atoms with Crippen LogP contribution in [-0.4, -0.2) is 28.0 Å². The van der Waals surface area contributed by atoms with Crippen molar-refractivity contribution in [3.05, 3.63) is 36.0 Å². The fraction of sp³-hybridized carbons (Fsp3) is 0.444. The summed E-state index contributed by atoms with van der Waals surface area (Å²) in [7, 11) is 0. The minimum atomic E-state index is -0.799. The Balaban J connectivity index is 1.49. The maximum Gasteiger partial charge on any atom is 0.308 e. The average Bonchev–Trinajstić information content (AvgIpc) is 3.14. The van der Waals surface area contributed by atoms with Crippen LogP contribution in [0.15, 0.2) is 30.5 Å². The maximum absolute atomic E-state index is 12.0. The lowest BCUT2D eigenvalue weighted by atomic mass is 10.0. The summed E-state index contributed by atoms with van der Waals surface area (Å²) < 4.78 is 0. The van der Waals surface area contributed by atoms with Crippen molar-refractivity contribution in [2.45, 2.75) is 44.6 Å². The Labute approximate surface area is 135 Å². The molecular formula is C18H22N2O3. The Morgan fingerprint density at radius 1 is 1.26 bits per heavy atom. The molecule has 1 heterocycles. The van der Waals surface area contributed by atoms with Gasteiger partial charge in [0.05, 0.1) is 5.92 Å². The van der Waals surface area contributed by atoms with E-state index in [4.69, 9.17) is 5.11 Å². The Morgan fingerprint density at radius 3 is 2.91 bits per heavy atom. The molecule has 0 aliphatic heterocycles. The highest BCUT2D eigenvalue weighted by molar-refractivity contribution is 5.83. The molecule has 0 bridgehead atoms. The van der Waals surface area contributed by atoms with Crippen molar-refractivity contribution < 1.29 is 14.7 Å². The third kappa shape index (κ3) is 3.55. The zero-order chi connectivity index (χ0) is 16.2. The van der Waals surface area contributed by atoms with Crippen LogP contribution in [0.2, 0.25) is 0 Å². The summed E-state index contributed by atoms with van der Waals surface area (Å²) in [5.41, 5.74) is 2.33. The van der Waals surface area contributed by atoms with Crippen molar-refractivity contribution in [1.82, 2.24) is 10.3 Å². The van der Waals surface area contributed by atoms with E-state index in [-0.39, 0.29) is 11.9 Å². The average molecular weight is 314 g/mol. The summed E-state index contributed by atoms with van der Waals surface area (Å²) in [5.74, 6) is -1.26. The van der Waals surface area contributed by atoms with Crippen molar-refractivity contribution in [3.8, 4) is 0 Å². The van der Waals surface area contributed by atoms with Gasteiger partial charge in [-0.15, -0.1) is 0 Å². The largest absolute Gasteiger partial charge is 0.481 e. The number of carbonyl (C=O) groups is 2. The highest BCUT2D eigenvalue weighted by Crippen LogP contribution is 2.26. The van der Waals surface area contributed by atoms with Gasteiger partial charge in [0.2, 0.25) is 5.91 Å². The first kappa shape index (κ1) is 15.6. The molecule has 1 fully saturated rings. The van der Waals surface area contributed by atoms with Gasteiger partial charge in [0.25, 0.3) is 0 Å². The van der Waals surface area contributed by atoms with Gasteiger partial charge in [-0.1, -0.05) is 24.6 Å². The molecule has 3 rings (SSSR count). The van der Waals surface area contributed by atoms with Crippen LogP contribution in [0.25, 0.3) is 10.9 Å². The number of amides is 1. The van der Waals surface area contributed by atoms with Crippen LogP contribution < -0.4 is 5.32 Å². The summed E-state index contributed by atoms with van der Waals surface area (Å²) in [6, 6.07) is 7.93. The molecule has 0 unspecified atom stereocenters. The van der Waals surface area contributed by atoms with Gasteiger partial charge in [0, 0.05) is 29.6 Å². The van der Waals surface area contributed by atoms with Crippen molar-refractivity contribution in [2.24, 2.45) is 5.92 Å². The van der Waals surface area contributed by atoms with Gasteiger partial charge in [-0.2, -0.15) is 0 Å². The first-order valence-corrected chi connectivity index (χ1v) is 8.22. The minimum Gasteiger partial charge on any atom is -0.481 e. The molecule has 0 spiro atoms. The van der Waals surface area contributed by atoms with Crippen molar-refractivity contribution in [2.75, 3.05) is 0 Å². The number of aromatic amines is 1. The Kier molecular flexibility index (Phi) is 4.65. The standard InChI is InChI=1S/C18H22N2O3/c21-17(20-16-9-4-7-14(16)18(22)23)10-3-5-12-11-19-15-8-2-1-6-13(12)15/h1-2,6,8,11,14,16,19H,3-5,7,9-10H2,(H,20,21)(H,22,23)/t14-,16+/m1/s1. The number of H-pyrrole nitrogens is 1. The van der Waals surface area contributed by atoms with E-state index in [1.165, 1.54) is 10.9 Å². The van der Waals surface area contributed by atoms with Crippen LogP contribution in [0.4, 0.5) is 0 Å². The topological polar surface area (TPSA) is 82.2 Å². The molecule has 5 heteroatoms. The Bertz CT molecular complexity index is 707. The number of rotatable bonds is 6. The number of hydrogen-bond acceptors (Lipinski definition) is 2. The Morgan fingerprint density at radius 2 is 2.09 bits per heavy atom. The van der Waals surface area contributed by atoms with Gasteiger partial charge in [-0.3, -0.25) is 9.59 Å². The van der Waals surface area contributed by atoms with Gasteiger partial charge < -0.3 is 15.4 Å². The predicted octanol–water partition coefficient (Wildman–Crippen LogP) is 2.86. The highest BCUT2D eigenvalue weighted by atomic mass is 16.4. The van der Waals surface area contributed by atoms with Crippen LogP contribution in [0.3, 0.4) is 0 Å². The van der Waals surface area contributed by atoms with E-state index in [0.29, 0.717) is 12.8 Å². The molecule has 5 nitrogen and oxygen atoms in total. The van der Waals surface area contributed by atoms with Crippen molar-refractivity contribution in [3.63, 3.8) is 0 Å². The molecule has 2 aromatic rings. The van der Waals surface area contributed by atoms with Gasteiger partial charge >= 0.3 is 5.97 Å². The van der Waals surface area contributed by atoms with E-state index in [9.17, 15) is 9.59 Å². The van der Waals surface area contributed by atoms with E-state index in [1.54, 1.807) is 0 Å². The zero-order valence-corrected chi connectivity index (χ0v) is 13.0. The Hall–Kier alpha value is -2.30. The highest BCUT2D eigenvalue weighted by Gasteiger charge is 2.33. The molecule has 1 saturated carbocycles. The molecule has 122 valence electrons. The van der Waals surface area contributed by atoms with E-state index in [1.807, 2.05) is 24.4 Å². The van der Waals surface area contributed by atoms with Crippen LogP contribution in [-0.2, 0) is 16.0 Å². The number of para-hydroxylation sites is 1. The number of nitrogens with one attached hydrogen (secondary N) is 2. The van der Waals surface area contributed by atoms with E-state index in [0.717, 1.165) is 31.2 Å².